The van der Waals surface area contributed by atoms with E-state index in [4.69, 9.17) is 16.3 Å². The predicted molar refractivity (Wildman–Crippen MR) is 90.0 cm³/mol. The number of nitrogens with one attached hydrogen (secondary N) is 3. The van der Waals surface area contributed by atoms with Crippen LogP contribution in [0.15, 0.2) is 24.3 Å². The zero-order chi connectivity index (χ0) is 16.8. The van der Waals surface area contributed by atoms with Gasteiger partial charge in [0.1, 0.15) is 5.69 Å². The quantitative estimate of drug-likeness (QED) is 0.792. The van der Waals surface area contributed by atoms with Crippen molar-refractivity contribution in [3.05, 3.63) is 35.0 Å². The van der Waals surface area contributed by atoms with E-state index in [1.165, 1.54) is 6.92 Å². The van der Waals surface area contributed by atoms with E-state index in [1.807, 2.05) is 24.3 Å². The van der Waals surface area contributed by atoms with Gasteiger partial charge in [-0.15, -0.1) is 0 Å². The minimum atomic E-state index is -0.262. The van der Waals surface area contributed by atoms with E-state index in [1.54, 1.807) is 0 Å². The first-order valence-electron chi connectivity index (χ1n) is 8.02. The Morgan fingerprint density at radius 1 is 1.25 bits per heavy atom. The minimum absolute atomic E-state index is 0.0163. The molecule has 2 aliphatic rings. The molecule has 1 aromatic heterocycles. The van der Waals surface area contributed by atoms with Gasteiger partial charge in [-0.1, -0.05) is 29.8 Å². The Bertz CT molecular complexity index is 819. The number of para-hydroxylation sites is 1. The van der Waals surface area contributed by atoms with Crippen LogP contribution in [0.3, 0.4) is 0 Å². The summed E-state index contributed by atoms with van der Waals surface area (Å²) in [4.78, 5) is 27.1. The van der Waals surface area contributed by atoms with E-state index in [9.17, 15) is 9.59 Å². The van der Waals surface area contributed by atoms with Crippen molar-refractivity contribution in [1.29, 1.82) is 0 Å². The molecule has 6 nitrogen and oxygen atoms in total. The van der Waals surface area contributed by atoms with Gasteiger partial charge in [-0.05, 0) is 12.5 Å². The molecule has 2 fully saturated rings. The van der Waals surface area contributed by atoms with Gasteiger partial charge in [0.2, 0.25) is 5.91 Å². The number of fused-ring (bicyclic) bond motifs is 2. The lowest BCUT2D eigenvalue weighted by molar-refractivity contribution is -0.123. The average molecular weight is 348 g/mol. The fourth-order valence-electron chi connectivity index (χ4n) is 3.80. The molecule has 4 atom stereocenters. The molecule has 1 aliphatic heterocycles. The number of hydrogen-bond donors (Lipinski definition) is 3. The topological polar surface area (TPSA) is 83.2 Å². The third kappa shape index (κ3) is 2.37. The van der Waals surface area contributed by atoms with E-state index in [2.05, 4.69) is 15.6 Å². The number of carbonyl (C=O) groups excluding carboxylic acids is 2. The number of halogens is 1. The first kappa shape index (κ1) is 15.5. The van der Waals surface area contributed by atoms with E-state index < -0.39 is 0 Å². The third-order valence-corrected chi connectivity index (χ3v) is 5.32. The number of benzene rings is 1. The average Bonchev–Trinajstić information content (AvgIpc) is 3.13. The zero-order valence-corrected chi connectivity index (χ0v) is 13.9. The monoisotopic (exact) mass is 347 g/mol. The summed E-state index contributed by atoms with van der Waals surface area (Å²) in [5.74, 6) is -0.160. The first-order chi connectivity index (χ1) is 11.6. The summed E-state index contributed by atoms with van der Waals surface area (Å²) >= 11 is 6.34. The van der Waals surface area contributed by atoms with Crippen LogP contribution < -0.4 is 10.6 Å². The maximum Gasteiger partial charge on any atom is 0.269 e. The van der Waals surface area contributed by atoms with Crippen molar-refractivity contribution in [2.75, 3.05) is 6.61 Å². The molecule has 1 aliphatic carbocycles. The zero-order valence-electron chi connectivity index (χ0n) is 13.1. The van der Waals surface area contributed by atoms with Gasteiger partial charge in [-0.3, -0.25) is 9.59 Å². The van der Waals surface area contributed by atoms with Crippen molar-refractivity contribution in [2.45, 2.75) is 31.5 Å². The molecule has 3 N–H and O–H groups in total. The van der Waals surface area contributed by atoms with Crippen LogP contribution >= 0.6 is 11.6 Å². The van der Waals surface area contributed by atoms with E-state index in [-0.39, 0.29) is 35.9 Å². The van der Waals surface area contributed by atoms with Gasteiger partial charge in [0.15, 0.2) is 0 Å². The van der Waals surface area contributed by atoms with Gasteiger partial charge < -0.3 is 20.4 Å². The summed E-state index contributed by atoms with van der Waals surface area (Å²) < 4.78 is 5.65. The van der Waals surface area contributed by atoms with Crippen LogP contribution in [0.2, 0.25) is 5.02 Å². The fraction of sp³-hybridized carbons (Fsp3) is 0.412. The second kappa shape index (κ2) is 5.79. The van der Waals surface area contributed by atoms with Gasteiger partial charge in [0, 0.05) is 30.4 Å². The van der Waals surface area contributed by atoms with Crippen molar-refractivity contribution in [3.8, 4) is 0 Å². The lowest BCUT2D eigenvalue weighted by atomic mass is 9.71. The van der Waals surface area contributed by atoms with E-state index in [0.29, 0.717) is 17.3 Å². The molecule has 2 aromatic rings. The summed E-state index contributed by atoms with van der Waals surface area (Å²) in [6, 6.07) is 7.18. The Morgan fingerprint density at radius 3 is 2.79 bits per heavy atom. The van der Waals surface area contributed by atoms with Crippen LogP contribution in [-0.2, 0) is 9.53 Å². The van der Waals surface area contributed by atoms with Gasteiger partial charge in [0.25, 0.3) is 5.91 Å². The molecule has 2 amide bonds. The van der Waals surface area contributed by atoms with Crippen LogP contribution in [0.25, 0.3) is 10.9 Å². The largest absolute Gasteiger partial charge is 0.376 e. The smallest absolute Gasteiger partial charge is 0.269 e. The second-order valence-electron chi connectivity index (χ2n) is 6.37. The Balaban J connectivity index is 1.56. The SMILES string of the molecule is CC(=O)N[C@@H]1[C@@H](NC(=O)c2[nH]c3ccccc3c2Cl)[C@H]2CCO[C@H]21. The number of amides is 2. The summed E-state index contributed by atoms with van der Waals surface area (Å²) in [5, 5.41) is 7.12. The van der Waals surface area contributed by atoms with Crippen molar-refractivity contribution < 1.29 is 14.3 Å². The number of carbonyl (C=O) groups is 2. The molecule has 7 heteroatoms. The highest BCUT2D eigenvalue weighted by Crippen LogP contribution is 2.39. The summed E-state index contributed by atoms with van der Waals surface area (Å²) in [6.07, 6.45) is 0.865. The molecule has 4 rings (SSSR count). The van der Waals surface area contributed by atoms with Crippen LogP contribution in [0, 0.1) is 5.92 Å². The molecule has 126 valence electrons. The Morgan fingerprint density at radius 2 is 2.04 bits per heavy atom. The predicted octanol–water partition coefficient (Wildman–Crippen LogP) is 1.84. The highest BCUT2D eigenvalue weighted by atomic mass is 35.5. The molecule has 0 radical (unpaired) electrons. The number of aromatic amines is 1. The third-order valence-electron chi connectivity index (χ3n) is 4.92. The molecule has 0 bridgehead atoms. The Hall–Kier alpha value is -2.05. The number of ether oxygens (including phenoxy) is 1. The van der Waals surface area contributed by atoms with Crippen molar-refractivity contribution in [3.63, 3.8) is 0 Å². The molecular weight excluding hydrogens is 330 g/mol. The molecule has 0 spiro atoms. The summed E-state index contributed by atoms with van der Waals surface area (Å²) in [5.41, 5.74) is 1.17. The summed E-state index contributed by atoms with van der Waals surface area (Å²) in [7, 11) is 0. The van der Waals surface area contributed by atoms with Crippen molar-refractivity contribution >= 4 is 34.3 Å². The molecule has 24 heavy (non-hydrogen) atoms. The van der Waals surface area contributed by atoms with Gasteiger partial charge in [-0.25, -0.2) is 0 Å². The summed E-state index contributed by atoms with van der Waals surface area (Å²) in [6.45, 7) is 2.13. The van der Waals surface area contributed by atoms with Gasteiger partial charge >= 0.3 is 0 Å². The molecule has 0 unspecified atom stereocenters. The number of rotatable bonds is 3. The normalized spacial score (nSPS) is 28.2. The standard InChI is InChI=1S/C17H18ClN3O3/c1-8(22)19-15-13(10-6-7-24-16(10)15)21-17(23)14-12(18)9-4-2-3-5-11(9)20-14/h2-5,10,13,15-16,20H,6-7H2,1H3,(H,19,22)(H,21,23)/t10-,13+,15-,16-/m1/s1. The number of aromatic nitrogens is 1. The molecule has 1 saturated heterocycles. The van der Waals surface area contributed by atoms with E-state index in [0.717, 1.165) is 17.3 Å². The maximum atomic E-state index is 12.7. The first-order valence-corrected chi connectivity index (χ1v) is 8.40. The lowest BCUT2D eigenvalue weighted by Gasteiger charge is -2.47. The Kier molecular flexibility index (Phi) is 3.73. The van der Waals surface area contributed by atoms with Crippen LogP contribution in [0.4, 0.5) is 0 Å². The fourth-order valence-corrected chi connectivity index (χ4v) is 4.10. The second-order valence-corrected chi connectivity index (χ2v) is 6.75. The van der Waals surface area contributed by atoms with Crippen molar-refractivity contribution in [1.82, 2.24) is 15.6 Å². The van der Waals surface area contributed by atoms with Crippen LogP contribution in [0.1, 0.15) is 23.8 Å². The van der Waals surface area contributed by atoms with Crippen molar-refractivity contribution in [2.24, 2.45) is 5.92 Å². The van der Waals surface area contributed by atoms with E-state index >= 15 is 0 Å². The highest BCUT2D eigenvalue weighted by molar-refractivity contribution is 6.38. The van der Waals surface area contributed by atoms with Gasteiger partial charge in [0.05, 0.1) is 23.2 Å². The number of H-pyrrole nitrogens is 1. The minimum Gasteiger partial charge on any atom is -0.376 e. The maximum absolute atomic E-state index is 12.7. The molecule has 1 aromatic carbocycles. The lowest BCUT2D eigenvalue weighted by Crippen LogP contribution is -2.70. The van der Waals surface area contributed by atoms with Crippen LogP contribution in [0.5, 0.6) is 0 Å². The van der Waals surface area contributed by atoms with Gasteiger partial charge in [-0.2, -0.15) is 0 Å². The molecular formula is C17H18ClN3O3. The Labute approximate surface area is 143 Å². The molecule has 2 heterocycles. The number of hydrogen-bond acceptors (Lipinski definition) is 3. The molecule has 1 saturated carbocycles. The highest BCUT2D eigenvalue weighted by Gasteiger charge is 2.55. The van der Waals surface area contributed by atoms with Crippen LogP contribution in [-0.4, -0.2) is 41.6 Å².